The van der Waals surface area contributed by atoms with Crippen LogP contribution in [-0.4, -0.2) is 21.9 Å². The van der Waals surface area contributed by atoms with Gasteiger partial charge in [-0.1, -0.05) is 17.8 Å². The highest BCUT2D eigenvalue weighted by Gasteiger charge is 2.28. The van der Waals surface area contributed by atoms with Gasteiger partial charge in [-0.25, -0.2) is 9.89 Å². The number of anilines is 1. The molecule has 1 aliphatic carbocycles. The smallest absolute Gasteiger partial charge is 0.344 e. The summed E-state index contributed by atoms with van der Waals surface area (Å²) in [5, 5.41) is 7.34. The van der Waals surface area contributed by atoms with Gasteiger partial charge in [-0.2, -0.15) is 0 Å². The molecule has 20 heavy (non-hydrogen) atoms. The molecule has 0 bridgehead atoms. The van der Waals surface area contributed by atoms with Crippen molar-refractivity contribution in [2.75, 3.05) is 12.8 Å². The molecule has 1 aromatic carbocycles. The normalized spacial score (nSPS) is 14.4. The third kappa shape index (κ3) is 2.53. The van der Waals surface area contributed by atoms with Crippen LogP contribution in [0.3, 0.4) is 0 Å². The minimum atomic E-state index is -0.121. The number of nitrogens with two attached hydrogens (primary N) is 1. The first-order chi connectivity index (χ1) is 9.69. The molecule has 3 N–H and O–H groups in total. The summed E-state index contributed by atoms with van der Waals surface area (Å²) in [6.07, 6.45) is 2.12. The van der Waals surface area contributed by atoms with Crippen molar-refractivity contribution in [3.8, 4) is 5.75 Å². The zero-order chi connectivity index (χ0) is 14.1. The van der Waals surface area contributed by atoms with E-state index in [0.717, 1.165) is 23.6 Å². The van der Waals surface area contributed by atoms with Gasteiger partial charge in [0.25, 0.3) is 0 Å². The Morgan fingerprint density at radius 3 is 3.00 bits per heavy atom. The number of hydrogen-bond donors (Lipinski definition) is 2. The number of rotatable bonds is 5. The maximum absolute atomic E-state index is 11.7. The van der Waals surface area contributed by atoms with Crippen molar-refractivity contribution in [2.45, 2.75) is 29.8 Å². The zero-order valence-electron chi connectivity index (χ0n) is 11.1. The number of ether oxygens (including phenoxy) is 1. The second-order valence-electron chi connectivity index (χ2n) is 4.78. The Hall–Kier alpha value is -1.89. The number of H-pyrrole nitrogens is 1. The fraction of sp³-hybridized carbons (Fsp3) is 0.385. The summed E-state index contributed by atoms with van der Waals surface area (Å²) in [5.41, 5.74) is 7.45. The van der Waals surface area contributed by atoms with E-state index < -0.39 is 0 Å². The lowest BCUT2D eigenvalue weighted by molar-refractivity contribution is 0.417. The highest BCUT2D eigenvalue weighted by atomic mass is 32.2. The number of methoxy groups -OCH3 is 1. The molecule has 0 unspecified atom stereocenters. The van der Waals surface area contributed by atoms with Gasteiger partial charge in [0.05, 0.1) is 12.8 Å². The molecule has 7 heteroatoms. The highest BCUT2D eigenvalue weighted by Crippen LogP contribution is 2.36. The second kappa shape index (κ2) is 5.24. The van der Waals surface area contributed by atoms with Gasteiger partial charge in [-0.15, -0.1) is 5.10 Å². The van der Waals surface area contributed by atoms with Crippen molar-refractivity contribution in [3.63, 3.8) is 0 Å². The van der Waals surface area contributed by atoms with Crippen LogP contribution in [0.25, 0.3) is 0 Å². The standard InChI is InChI=1S/C13H16N4O2S/c1-19-11-5-2-8(6-10(11)14)7-20-13-16-15-12(18)17(13)9-3-4-9/h2,5-6,9H,3-4,7,14H2,1H3,(H,15,18). The number of benzene rings is 1. The molecule has 1 aliphatic rings. The van der Waals surface area contributed by atoms with Gasteiger partial charge in [-0.05, 0) is 30.5 Å². The topological polar surface area (TPSA) is 85.9 Å². The molecule has 1 saturated carbocycles. The lowest BCUT2D eigenvalue weighted by Gasteiger charge is -2.07. The lowest BCUT2D eigenvalue weighted by atomic mass is 10.2. The summed E-state index contributed by atoms with van der Waals surface area (Å²) in [5.74, 6) is 1.39. The molecular formula is C13H16N4O2S. The van der Waals surface area contributed by atoms with Crippen LogP contribution in [-0.2, 0) is 5.75 Å². The molecule has 0 aliphatic heterocycles. The number of hydrogen-bond acceptors (Lipinski definition) is 5. The molecule has 3 rings (SSSR count). The number of aromatic nitrogens is 3. The van der Waals surface area contributed by atoms with Gasteiger partial charge in [-0.3, -0.25) is 4.57 Å². The van der Waals surface area contributed by atoms with E-state index >= 15 is 0 Å². The van der Waals surface area contributed by atoms with E-state index in [9.17, 15) is 4.79 Å². The van der Waals surface area contributed by atoms with Crippen LogP contribution < -0.4 is 16.2 Å². The van der Waals surface area contributed by atoms with Crippen molar-refractivity contribution in [2.24, 2.45) is 0 Å². The Morgan fingerprint density at radius 1 is 1.55 bits per heavy atom. The van der Waals surface area contributed by atoms with Crippen molar-refractivity contribution < 1.29 is 4.74 Å². The first kappa shape index (κ1) is 13.1. The average molecular weight is 292 g/mol. The van der Waals surface area contributed by atoms with Gasteiger partial charge in [0.1, 0.15) is 5.75 Å². The van der Waals surface area contributed by atoms with E-state index in [-0.39, 0.29) is 5.69 Å². The number of nitrogen functional groups attached to an aromatic ring is 1. The minimum Gasteiger partial charge on any atom is -0.495 e. The van der Waals surface area contributed by atoms with E-state index in [0.29, 0.717) is 23.2 Å². The Balaban J connectivity index is 1.73. The SMILES string of the molecule is COc1ccc(CSc2n[nH]c(=O)n2C2CC2)cc1N. The van der Waals surface area contributed by atoms with Gasteiger partial charge < -0.3 is 10.5 Å². The summed E-state index contributed by atoms with van der Waals surface area (Å²) in [7, 11) is 1.60. The fourth-order valence-electron chi connectivity index (χ4n) is 2.07. The monoisotopic (exact) mass is 292 g/mol. The molecule has 106 valence electrons. The zero-order valence-corrected chi connectivity index (χ0v) is 11.9. The second-order valence-corrected chi connectivity index (χ2v) is 5.72. The number of nitrogens with one attached hydrogen (secondary N) is 1. The van der Waals surface area contributed by atoms with Gasteiger partial charge in [0, 0.05) is 11.8 Å². The first-order valence-corrected chi connectivity index (χ1v) is 7.39. The Labute approximate surface area is 120 Å². The first-order valence-electron chi connectivity index (χ1n) is 6.41. The molecule has 0 radical (unpaired) electrons. The van der Waals surface area contributed by atoms with Crippen LogP contribution in [0.5, 0.6) is 5.75 Å². The average Bonchev–Trinajstić information content (AvgIpc) is 3.20. The number of nitrogens with zero attached hydrogens (tertiary/aromatic N) is 2. The lowest BCUT2D eigenvalue weighted by Crippen LogP contribution is -2.16. The molecule has 1 fully saturated rings. The highest BCUT2D eigenvalue weighted by molar-refractivity contribution is 7.98. The summed E-state index contributed by atoms with van der Waals surface area (Å²) in [6.45, 7) is 0. The predicted octanol–water partition coefficient (Wildman–Crippen LogP) is 1.79. The predicted molar refractivity (Wildman–Crippen MR) is 78.1 cm³/mol. The molecule has 0 amide bonds. The maximum Gasteiger partial charge on any atom is 0.344 e. The van der Waals surface area contributed by atoms with Crippen LogP contribution in [0.15, 0.2) is 28.2 Å². The third-order valence-electron chi connectivity index (χ3n) is 3.25. The van der Waals surface area contributed by atoms with Gasteiger partial charge in [0.15, 0.2) is 5.16 Å². The van der Waals surface area contributed by atoms with Crippen LogP contribution in [0.4, 0.5) is 5.69 Å². The van der Waals surface area contributed by atoms with Gasteiger partial charge in [0.2, 0.25) is 0 Å². The summed E-state index contributed by atoms with van der Waals surface area (Å²) < 4.78 is 6.88. The minimum absolute atomic E-state index is 0.121. The molecule has 0 spiro atoms. The van der Waals surface area contributed by atoms with E-state index in [1.54, 1.807) is 11.7 Å². The van der Waals surface area contributed by atoms with Crippen molar-refractivity contribution >= 4 is 17.4 Å². The van der Waals surface area contributed by atoms with Crippen LogP contribution in [0, 0.1) is 0 Å². The molecule has 1 heterocycles. The van der Waals surface area contributed by atoms with Crippen molar-refractivity contribution in [1.82, 2.24) is 14.8 Å². The molecule has 0 saturated heterocycles. The molecular weight excluding hydrogens is 276 g/mol. The largest absolute Gasteiger partial charge is 0.495 e. The van der Waals surface area contributed by atoms with Crippen LogP contribution in [0.2, 0.25) is 0 Å². The molecule has 6 nitrogen and oxygen atoms in total. The van der Waals surface area contributed by atoms with Crippen LogP contribution >= 0.6 is 11.8 Å². The van der Waals surface area contributed by atoms with E-state index in [4.69, 9.17) is 10.5 Å². The van der Waals surface area contributed by atoms with E-state index in [1.807, 2.05) is 18.2 Å². The molecule has 0 atom stereocenters. The molecule has 1 aromatic heterocycles. The molecule has 2 aromatic rings. The van der Waals surface area contributed by atoms with Gasteiger partial charge >= 0.3 is 5.69 Å². The Kier molecular flexibility index (Phi) is 3.43. The van der Waals surface area contributed by atoms with E-state index in [1.165, 1.54) is 11.8 Å². The van der Waals surface area contributed by atoms with Crippen molar-refractivity contribution in [3.05, 3.63) is 34.2 Å². The summed E-state index contributed by atoms with van der Waals surface area (Å²) in [6, 6.07) is 6.03. The Bertz CT molecular complexity index is 675. The number of aromatic amines is 1. The third-order valence-corrected chi connectivity index (χ3v) is 4.27. The Morgan fingerprint density at radius 2 is 2.35 bits per heavy atom. The van der Waals surface area contributed by atoms with Crippen molar-refractivity contribution in [1.29, 1.82) is 0 Å². The quantitative estimate of drug-likeness (QED) is 0.648. The van der Waals surface area contributed by atoms with E-state index in [2.05, 4.69) is 10.2 Å². The maximum atomic E-state index is 11.7. The summed E-state index contributed by atoms with van der Waals surface area (Å²) in [4.78, 5) is 11.7. The fourth-order valence-corrected chi connectivity index (χ4v) is 3.02. The summed E-state index contributed by atoms with van der Waals surface area (Å²) >= 11 is 1.54. The van der Waals surface area contributed by atoms with Crippen LogP contribution in [0.1, 0.15) is 24.4 Å². The number of thioether (sulfide) groups is 1.